The summed E-state index contributed by atoms with van der Waals surface area (Å²) in [5, 5.41) is 12.0. The zero-order valence-corrected chi connectivity index (χ0v) is 14.9. The van der Waals surface area contributed by atoms with Crippen LogP contribution in [0.2, 0.25) is 0 Å². The van der Waals surface area contributed by atoms with Gasteiger partial charge in [-0.25, -0.2) is 0 Å². The molecule has 1 saturated carbocycles. The fraction of sp³-hybridized carbons (Fsp3) is 0.368. The average Bonchev–Trinajstić information content (AvgIpc) is 3.31. The van der Waals surface area contributed by atoms with Crippen LogP contribution in [0.25, 0.3) is 10.4 Å². The SMILES string of the molecule is O=C(N[C@H]1CC[C@@H](C(=O)O)C1)c1ccc(-c2ccc3c(c2)OCCO3)s1. The van der Waals surface area contributed by atoms with Crippen LogP contribution >= 0.6 is 11.3 Å². The molecule has 1 aromatic carbocycles. The first kappa shape index (κ1) is 16.9. The Morgan fingerprint density at radius 2 is 1.88 bits per heavy atom. The minimum absolute atomic E-state index is 0.0663. The van der Waals surface area contributed by atoms with E-state index in [0.29, 0.717) is 37.4 Å². The van der Waals surface area contributed by atoms with Crippen LogP contribution in [-0.2, 0) is 4.79 Å². The summed E-state index contributed by atoms with van der Waals surface area (Å²) >= 11 is 1.41. The molecule has 1 amide bonds. The van der Waals surface area contributed by atoms with Gasteiger partial charge in [-0.3, -0.25) is 9.59 Å². The molecule has 2 atom stereocenters. The zero-order chi connectivity index (χ0) is 18.1. The van der Waals surface area contributed by atoms with Crippen molar-refractivity contribution in [3.8, 4) is 21.9 Å². The second-order valence-corrected chi connectivity index (χ2v) is 7.62. The van der Waals surface area contributed by atoms with Crippen molar-refractivity contribution in [2.45, 2.75) is 25.3 Å². The van der Waals surface area contributed by atoms with E-state index in [0.717, 1.165) is 21.9 Å². The number of amides is 1. The van der Waals surface area contributed by atoms with E-state index in [1.54, 1.807) is 6.07 Å². The van der Waals surface area contributed by atoms with E-state index in [2.05, 4.69) is 5.32 Å². The molecule has 1 fully saturated rings. The van der Waals surface area contributed by atoms with E-state index in [9.17, 15) is 9.59 Å². The number of nitrogens with one attached hydrogen (secondary N) is 1. The Balaban J connectivity index is 1.44. The molecule has 0 bridgehead atoms. The highest BCUT2D eigenvalue weighted by Gasteiger charge is 2.30. The van der Waals surface area contributed by atoms with Gasteiger partial charge in [0.05, 0.1) is 10.8 Å². The Morgan fingerprint density at radius 3 is 2.65 bits per heavy atom. The van der Waals surface area contributed by atoms with E-state index in [-0.39, 0.29) is 17.9 Å². The van der Waals surface area contributed by atoms with E-state index < -0.39 is 5.97 Å². The number of rotatable bonds is 4. The molecule has 1 aliphatic carbocycles. The maximum atomic E-state index is 12.5. The zero-order valence-electron chi connectivity index (χ0n) is 14.1. The van der Waals surface area contributed by atoms with Gasteiger partial charge in [0.2, 0.25) is 0 Å². The predicted molar refractivity (Wildman–Crippen MR) is 97.0 cm³/mol. The molecule has 7 heteroatoms. The summed E-state index contributed by atoms with van der Waals surface area (Å²) < 4.78 is 11.1. The second-order valence-electron chi connectivity index (χ2n) is 6.54. The van der Waals surface area contributed by atoms with Crippen molar-refractivity contribution in [2.75, 3.05) is 13.2 Å². The van der Waals surface area contributed by atoms with Gasteiger partial charge < -0.3 is 19.9 Å². The standard InChI is InChI=1S/C19H19NO5S/c21-18(20-13-3-1-12(9-13)19(22)23)17-6-5-16(26-17)11-2-4-14-15(10-11)25-8-7-24-14/h2,4-6,10,12-13H,1,3,7-9H2,(H,20,21)(H,22,23)/t12-,13+/m1/s1. The van der Waals surface area contributed by atoms with Gasteiger partial charge in [-0.15, -0.1) is 11.3 Å². The van der Waals surface area contributed by atoms with Crippen molar-refractivity contribution < 1.29 is 24.2 Å². The highest BCUT2D eigenvalue weighted by atomic mass is 32.1. The van der Waals surface area contributed by atoms with Crippen LogP contribution in [-0.4, -0.2) is 36.2 Å². The third kappa shape index (κ3) is 3.39. The van der Waals surface area contributed by atoms with E-state index in [1.165, 1.54) is 11.3 Å². The van der Waals surface area contributed by atoms with Crippen molar-refractivity contribution in [1.82, 2.24) is 5.32 Å². The Morgan fingerprint density at radius 1 is 1.08 bits per heavy atom. The molecule has 26 heavy (non-hydrogen) atoms. The normalized spacial score (nSPS) is 21.4. The van der Waals surface area contributed by atoms with Gasteiger partial charge in [-0.1, -0.05) is 0 Å². The van der Waals surface area contributed by atoms with Crippen LogP contribution in [0.5, 0.6) is 11.5 Å². The number of hydrogen-bond donors (Lipinski definition) is 2. The lowest BCUT2D eigenvalue weighted by molar-refractivity contribution is -0.141. The number of fused-ring (bicyclic) bond motifs is 1. The largest absolute Gasteiger partial charge is 0.486 e. The van der Waals surface area contributed by atoms with Crippen LogP contribution in [0.3, 0.4) is 0 Å². The number of thiophene rings is 1. The van der Waals surface area contributed by atoms with Crippen molar-refractivity contribution in [3.63, 3.8) is 0 Å². The minimum Gasteiger partial charge on any atom is -0.486 e. The summed E-state index contributed by atoms with van der Waals surface area (Å²) in [6, 6.07) is 9.42. The summed E-state index contributed by atoms with van der Waals surface area (Å²) in [5.74, 6) is 0.188. The fourth-order valence-electron chi connectivity index (χ4n) is 3.41. The molecule has 4 rings (SSSR count). The topological polar surface area (TPSA) is 84.9 Å². The molecule has 2 N–H and O–H groups in total. The first-order valence-electron chi connectivity index (χ1n) is 8.63. The van der Waals surface area contributed by atoms with Gasteiger partial charge in [-0.05, 0) is 55.2 Å². The monoisotopic (exact) mass is 373 g/mol. The van der Waals surface area contributed by atoms with Gasteiger partial charge in [0, 0.05) is 10.9 Å². The van der Waals surface area contributed by atoms with Crippen LogP contribution in [0.4, 0.5) is 0 Å². The highest BCUT2D eigenvalue weighted by Crippen LogP contribution is 2.37. The summed E-state index contributed by atoms with van der Waals surface area (Å²) in [6.07, 6.45) is 1.83. The molecule has 0 saturated heterocycles. The maximum absolute atomic E-state index is 12.5. The maximum Gasteiger partial charge on any atom is 0.306 e. The number of hydrogen-bond acceptors (Lipinski definition) is 5. The smallest absolute Gasteiger partial charge is 0.306 e. The summed E-state index contributed by atoms with van der Waals surface area (Å²) in [4.78, 5) is 25.1. The molecule has 0 unspecified atom stereocenters. The van der Waals surface area contributed by atoms with Crippen LogP contribution < -0.4 is 14.8 Å². The number of aliphatic carboxylic acids is 1. The van der Waals surface area contributed by atoms with E-state index >= 15 is 0 Å². The molecule has 2 aromatic rings. The number of benzene rings is 1. The second kappa shape index (κ2) is 6.99. The van der Waals surface area contributed by atoms with E-state index in [1.807, 2.05) is 24.3 Å². The van der Waals surface area contributed by atoms with Crippen molar-refractivity contribution in [2.24, 2.45) is 5.92 Å². The third-order valence-corrected chi connectivity index (χ3v) is 5.91. The fourth-order valence-corrected chi connectivity index (χ4v) is 4.31. The molecule has 1 aromatic heterocycles. The molecular weight excluding hydrogens is 354 g/mol. The molecular formula is C19H19NO5S. The van der Waals surface area contributed by atoms with Crippen molar-refractivity contribution in [3.05, 3.63) is 35.2 Å². The Labute approximate surface area is 154 Å². The third-order valence-electron chi connectivity index (χ3n) is 4.77. The summed E-state index contributed by atoms with van der Waals surface area (Å²) in [7, 11) is 0. The molecule has 0 spiro atoms. The van der Waals surface area contributed by atoms with E-state index in [4.69, 9.17) is 14.6 Å². The number of ether oxygens (including phenoxy) is 2. The minimum atomic E-state index is -0.779. The van der Waals surface area contributed by atoms with Crippen LogP contribution in [0.15, 0.2) is 30.3 Å². The molecule has 2 aliphatic rings. The van der Waals surface area contributed by atoms with Crippen LogP contribution in [0.1, 0.15) is 28.9 Å². The molecule has 1 aliphatic heterocycles. The number of carboxylic acid groups (broad SMARTS) is 1. The first-order valence-corrected chi connectivity index (χ1v) is 9.45. The molecule has 136 valence electrons. The Kier molecular flexibility index (Phi) is 4.55. The van der Waals surface area contributed by atoms with Gasteiger partial charge in [0.15, 0.2) is 11.5 Å². The quantitative estimate of drug-likeness (QED) is 0.860. The van der Waals surface area contributed by atoms with Crippen LogP contribution in [0, 0.1) is 5.92 Å². The number of carbonyl (C=O) groups excluding carboxylic acids is 1. The highest BCUT2D eigenvalue weighted by molar-refractivity contribution is 7.17. The Hall–Kier alpha value is -2.54. The Bertz CT molecular complexity index is 846. The summed E-state index contributed by atoms with van der Waals surface area (Å²) in [6.45, 7) is 1.09. The summed E-state index contributed by atoms with van der Waals surface area (Å²) in [5.41, 5.74) is 0.977. The van der Waals surface area contributed by atoms with Gasteiger partial charge in [0.25, 0.3) is 5.91 Å². The van der Waals surface area contributed by atoms with Gasteiger partial charge in [-0.2, -0.15) is 0 Å². The van der Waals surface area contributed by atoms with Gasteiger partial charge >= 0.3 is 5.97 Å². The molecule has 2 heterocycles. The van der Waals surface area contributed by atoms with Gasteiger partial charge in [0.1, 0.15) is 13.2 Å². The molecule has 6 nitrogen and oxygen atoms in total. The predicted octanol–water partition coefficient (Wildman–Crippen LogP) is 3.17. The van der Waals surface area contributed by atoms with Crippen molar-refractivity contribution >= 4 is 23.2 Å². The lowest BCUT2D eigenvalue weighted by Gasteiger charge is -2.18. The lowest BCUT2D eigenvalue weighted by atomic mass is 10.1. The molecule has 0 radical (unpaired) electrons. The van der Waals surface area contributed by atoms with Crippen molar-refractivity contribution in [1.29, 1.82) is 0 Å². The number of carboxylic acids is 1. The lowest BCUT2D eigenvalue weighted by Crippen LogP contribution is -2.32. The average molecular weight is 373 g/mol. The number of carbonyl (C=O) groups is 2. The first-order chi connectivity index (χ1) is 12.6.